The summed E-state index contributed by atoms with van der Waals surface area (Å²) in [6.07, 6.45) is 2.72. The molecule has 0 radical (unpaired) electrons. The molecule has 4 rings (SSSR count). The lowest BCUT2D eigenvalue weighted by atomic mass is 9.90. The summed E-state index contributed by atoms with van der Waals surface area (Å²) in [7, 11) is 0. The number of carbonyl (C=O) groups excluding carboxylic acids is 1. The van der Waals surface area contributed by atoms with Crippen molar-refractivity contribution in [2.45, 2.75) is 31.8 Å². The number of nitrogens with zero attached hydrogens (tertiary/aromatic N) is 2. The second kappa shape index (κ2) is 7.47. The summed E-state index contributed by atoms with van der Waals surface area (Å²) < 4.78 is 11.6. The van der Waals surface area contributed by atoms with Crippen LogP contribution in [-0.2, 0) is 9.47 Å². The highest BCUT2D eigenvalue weighted by molar-refractivity contribution is 7.08. The van der Waals surface area contributed by atoms with Gasteiger partial charge >= 0.3 is 0 Å². The Balaban J connectivity index is 1.49. The SMILES string of the molecule is Cc1nc(-c2ccsc2)ccc1C(=O)N1CCOC2(CCOCC2)CC1. The van der Waals surface area contributed by atoms with Gasteiger partial charge in [-0.05, 0) is 49.8 Å². The zero-order valence-corrected chi connectivity index (χ0v) is 15.9. The van der Waals surface area contributed by atoms with Crippen LogP contribution in [0.4, 0.5) is 0 Å². The molecule has 138 valence electrons. The van der Waals surface area contributed by atoms with Crippen molar-refractivity contribution >= 4 is 17.2 Å². The van der Waals surface area contributed by atoms with Crippen LogP contribution in [0.1, 0.15) is 35.3 Å². The van der Waals surface area contributed by atoms with E-state index in [-0.39, 0.29) is 11.5 Å². The van der Waals surface area contributed by atoms with Gasteiger partial charge in [-0.25, -0.2) is 0 Å². The molecule has 2 aliphatic heterocycles. The smallest absolute Gasteiger partial charge is 0.255 e. The molecule has 2 aliphatic rings. The van der Waals surface area contributed by atoms with E-state index < -0.39 is 0 Å². The van der Waals surface area contributed by atoms with Gasteiger partial charge in [0.1, 0.15) is 0 Å². The highest BCUT2D eigenvalue weighted by Crippen LogP contribution is 2.31. The standard InChI is InChI=1S/C20H24N2O3S/c1-15-17(2-3-18(21-15)16-4-13-26-14-16)19(23)22-8-5-20(25-12-9-22)6-10-24-11-7-20/h2-4,13-14H,5-12H2,1H3. The van der Waals surface area contributed by atoms with Gasteiger partial charge in [0.05, 0.1) is 29.2 Å². The molecular formula is C20H24N2O3S. The van der Waals surface area contributed by atoms with Crippen LogP contribution in [0.2, 0.25) is 0 Å². The van der Waals surface area contributed by atoms with Crippen LogP contribution in [0.5, 0.6) is 0 Å². The zero-order chi connectivity index (χ0) is 18.0. The van der Waals surface area contributed by atoms with Gasteiger partial charge in [-0.2, -0.15) is 11.3 Å². The molecule has 0 unspecified atom stereocenters. The van der Waals surface area contributed by atoms with Crippen LogP contribution in [-0.4, -0.2) is 54.3 Å². The molecule has 2 aromatic heterocycles. The lowest BCUT2D eigenvalue weighted by Gasteiger charge is -2.35. The largest absolute Gasteiger partial charge is 0.381 e. The van der Waals surface area contributed by atoms with E-state index in [2.05, 4.69) is 10.4 Å². The van der Waals surface area contributed by atoms with E-state index in [9.17, 15) is 4.79 Å². The van der Waals surface area contributed by atoms with Crippen LogP contribution in [0, 0.1) is 6.92 Å². The number of carbonyl (C=O) groups is 1. The first-order chi connectivity index (χ1) is 12.7. The highest BCUT2D eigenvalue weighted by Gasteiger charge is 2.36. The van der Waals surface area contributed by atoms with Crippen LogP contribution in [0.15, 0.2) is 29.0 Å². The maximum absolute atomic E-state index is 13.1. The Hall–Kier alpha value is -1.76. The number of amides is 1. The van der Waals surface area contributed by atoms with Gasteiger partial charge in [-0.15, -0.1) is 0 Å². The third-order valence-corrected chi connectivity index (χ3v) is 6.11. The van der Waals surface area contributed by atoms with Crippen molar-refractivity contribution in [1.82, 2.24) is 9.88 Å². The highest BCUT2D eigenvalue weighted by atomic mass is 32.1. The fraction of sp³-hybridized carbons (Fsp3) is 0.500. The molecule has 2 saturated heterocycles. The van der Waals surface area contributed by atoms with Gasteiger partial charge in [-0.3, -0.25) is 9.78 Å². The van der Waals surface area contributed by atoms with E-state index >= 15 is 0 Å². The molecule has 0 saturated carbocycles. The molecule has 2 fully saturated rings. The molecule has 26 heavy (non-hydrogen) atoms. The Kier molecular flexibility index (Phi) is 5.07. The van der Waals surface area contributed by atoms with Gasteiger partial charge in [0, 0.05) is 37.2 Å². The van der Waals surface area contributed by atoms with Crippen molar-refractivity contribution in [2.75, 3.05) is 32.9 Å². The number of hydrogen-bond donors (Lipinski definition) is 0. The van der Waals surface area contributed by atoms with Gasteiger partial charge in [0.15, 0.2) is 0 Å². The van der Waals surface area contributed by atoms with E-state index in [4.69, 9.17) is 9.47 Å². The number of aromatic nitrogens is 1. The minimum atomic E-state index is -0.108. The Labute approximate surface area is 157 Å². The van der Waals surface area contributed by atoms with Crippen LogP contribution >= 0.6 is 11.3 Å². The van der Waals surface area contributed by atoms with Crippen molar-refractivity contribution in [3.05, 3.63) is 40.2 Å². The maximum Gasteiger partial charge on any atom is 0.255 e. The van der Waals surface area contributed by atoms with Gasteiger partial charge in [0.2, 0.25) is 0 Å². The zero-order valence-electron chi connectivity index (χ0n) is 15.1. The minimum Gasteiger partial charge on any atom is -0.381 e. The fourth-order valence-corrected chi connectivity index (χ4v) is 4.41. The molecule has 4 heterocycles. The Morgan fingerprint density at radius 3 is 2.73 bits per heavy atom. The number of aryl methyl sites for hydroxylation is 1. The quantitative estimate of drug-likeness (QED) is 0.809. The number of rotatable bonds is 2. The third kappa shape index (κ3) is 3.54. The number of thiophene rings is 1. The average Bonchev–Trinajstić information content (AvgIpc) is 3.12. The van der Waals surface area contributed by atoms with E-state index in [1.807, 2.05) is 35.4 Å². The molecule has 1 spiro atoms. The van der Waals surface area contributed by atoms with Gasteiger partial charge in [0.25, 0.3) is 5.91 Å². The first-order valence-electron chi connectivity index (χ1n) is 9.18. The molecule has 0 N–H and O–H groups in total. The predicted octanol–water partition coefficient (Wildman–Crippen LogP) is 3.53. The summed E-state index contributed by atoms with van der Waals surface area (Å²) in [5, 5.41) is 4.11. The van der Waals surface area contributed by atoms with Crippen LogP contribution in [0.25, 0.3) is 11.3 Å². The van der Waals surface area contributed by atoms with E-state index in [0.717, 1.165) is 56.0 Å². The lowest BCUT2D eigenvalue weighted by molar-refractivity contribution is -0.105. The molecule has 6 heteroatoms. The molecule has 1 amide bonds. The van der Waals surface area contributed by atoms with E-state index in [1.54, 1.807) is 11.3 Å². The van der Waals surface area contributed by atoms with Crippen LogP contribution in [0.3, 0.4) is 0 Å². The van der Waals surface area contributed by atoms with E-state index in [1.165, 1.54) is 0 Å². The molecule has 0 bridgehead atoms. The van der Waals surface area contributed by atoms with Crippen molar-refractivity contribution < 1.29 is 14.3 Å². The predicted molar refractivity (Wildman–Crippen MR) is 102 cm³/mol. The minimum absolute atomic E-state index is 0.0552. The normalized spacial score (nSPS) is 20.1. The molecule has 0 atom stereocenters. The molecular weight excluding hydrogens is 348 g/mol. The molecule has 2 aromatic rings. The Morgan fingerprint density at radius 2 is 2.00 bits per heavy atom. The van der Waals surface area contributed by atoms with E-state index in [0.29, 0.717) is 18.7 Å². The third-order valence-electron chi connectivity index (χ3n) is 5.43. The molecule has 0 aliphatic carbocycles. The topological polar surface area (TPSA) is 51.7 Å². The average molecular weight is 372 g/mol. The summed E-state index contributed by atoms with van der Waals surface area (Å²) in [5.74, 6) is 0.0552. The second-order valence-corrected chi connectivity index (χ2v) is 7.81. The fourth-order valence-electron chi connectivity index (χ4n) is 3.76. The van der Waals surface area contributed by atoms with Crippen molar-refractivity contribution in [2.24, 2.45) is 0 Å². The number of ether oxygens (including phenoxy) is 2. The summed E-state index contributed by atoms with van der Waals surface area (Å²) in [6, 6.07) is 5.90. The summed E-state index contributed by atoms with van der Waals surface area (Å²) >= 11 is 1.65. The van der Waals surface area contributed by atoms with Gasteiger partial charge in [-0.1, -0.05) is 0 Å². The van der Waals surface area contributed by atoms with Crippen molar-refractivity contribution in [3.8, 4) is 11.3 Å². The number of hydrogen-bond acceptors (Lipinski definition) is 5. The number of pyridine rings is 1. The van der Waals surface area contributed by atoms with Crippen molar-refractivity contribution in [3.63, 3.8) is 0 Å². The maximum atomic E-state index is 13.1. The van der Waals surface area contributed by atoms with Crippen LogP contribution < -0.4 is 0 Å². The molecule has 0 aromatic carbocycles. The monoisotopic (exact) mass is 372 g/mol. The van der Waals surface area contributed by atoms with Crippen molar-refractivity contribution in [1.29, 1.82) is 0 Å². The summed E-state index contributed by atoms with van der Waals surface area (Å²) in [5.41, 5.74) is 3.38. The summed E-state index contributed by atoms with van der Waals surface area (Å²) in [6.45, 7) is 5.36. The first kappa shape index (κ1) is 17.6. The molecule has 5 nitrogen and oxygen atoms in total. The second-order valence-electron chi connectivity index (χ2n) is 7.03. The summed E-state index contributed by atoms with van der Waals surface area (Å²) in [4.78, 5) is 19.6. The Bertz CT molecular complexity index is 769. The lowest BCUT2D eigenvalue weighted by Crippen LogP contribution is -2.40. The Morgan fingerprint density at radius 1 is 1.15 bits per heavy atom. The first-order valence-corrected chi connectivity index (χ1v) is 10.1. The van der Waals surface area contributed by atoms with Gasteiger partial charge < -0.3 is 14.4 Å².